The molecule has 0 N–H and O–H groups in total. The third-order valence-corrected chi connectivity index (χ3v) is 5.89. The van der Waals surface area contributed by atoms with Crippen LogP contribution in [0.4, 0.5) is 5.69 Å². The fourth-order valence-corrected chi connectivity index (χ4v) is 4.36. The van der Waals surface area contributed by atoms with E-state index in [1.807, 2.05) is 11.8 Å². The molecule has 1 atom stereocenters. The molecule has 25 heavy (non-hydrogen) atoms. The summed E-state index contributed by atoms with van der Waals surface area (Å²) in [5, 5.41) is 0. The van der Waals surface area contributed by atoms with Crippen molar-refractivity contribution in [2.75, 3.05) is 18.1 Å². The first-order chi connectivity index (χ1) is 12.1. The van der Waals surface area contributed by atoms with E-state index >= 15 is 0 Å². The first-order valence-corrected chi connectivity index (χ1v) is 9.80. The summed E-state index contributed by atoms with van der Waals surface area (Å²) in [6, 6.07) is 17.4. The first kappa shape index (κ1) is 17.9. The van der Waals surface area contributed by atoms with E-state index in [9.17, 15) is 4.79 Å². The van der Waals surface area contributed by atoms with Crippen molar-refractivity contribution in [3.05, 3.63) is 59.7 Å². The lowest BCUT2D eigenvalue weighted by Gasteiger charge is -2.28. The van der Waals surface area contributed by atoms with Crippen LogP contribution in [0.25, 0.3) is 0 Å². The number of carbonyl (C=O) groups excluding carboxylic acids is 1. The minimum Gasteiger partial charge on any atom is -0.464 e. The fraction of sp³-hybridized carbons (Fsp3) is 0.381. The van der Waals surface area contributed by atoms with Crippen LogP contribution in [-0.2, 0) is 15.3 Å². The van der Waals surface area contributed by atoms with Gasteiger partial charge < -0.3 is 9.64 Å². The summed E-state index contributed by atoms with van der Waals surface area (Å²) < 4.78 is 5.27. The predicted molar refractivity (Wildman–Crippen MR) is 104 cm³/mol. The van der Waals surface area contributed by atoms with Crippen molar-refractivity contribution in [2.45, 2.75) is 43.4 Å². The molecule has 0 aliphatic carbocycles. The van der Waals surface area contributed by atoms with Crippen LogP contribution in [0.3, 0.4) is 0 Å². The standard InChI is InChI=1S/C21H25NO2S/c1-16-20(22-13-7-10-19(22)14-24-17(2)23)11-6-12-21(16)25-15-18-8-4-3-5-9-18/h3-6,8-9,11-12,19H,7,10,13-15H2,1-2H3. The highest BCUT2D eigenvalue weighted by Crippen LogP contribution is 2.35. The molecule has 0 saturated carbocycles. The number of esters is 1. The second-order valence-electron chi connectivity index (χ2n) is 6.47. The Hall–Kier alpha value is -1.94. The lowest BCUT2D eigenvalue weighted by molar-refractivity contribution is -0.141. The van der Waals surface area contributed by atoms with E-state index in [1.54, 1.807) is 0 Å². The first-order valence-electron chi connectivity index (χ1n) is 8.81. The van der Waals surface area contributed by atoms with E-state index < -0.39 is 0 Å². The molecule has 132 valence electrons. The second-order valence-corrected chi connectivity index (χ2v) is 7.48. The molecule has 1 heterocycles. The number of anilines is 1. The number of hydrogen-bond acceptors (Lipinski definition) is 4. The number of rotatable bonds is 6. The van der Waals surface area contributed by atoms with Gasteiger partial charge in [-0.15, -0.1) is 11.8 Å². The van der Waals surface area contributed by atoms with Crippen LogP contribution in [-0.4, -0.2) is 25.2 Å². The Bertz CT molecular complexity index is 717. The molecule has 0 aromatic heterocycles. The van der Waals surface area contributed by atoms with Crippen molar-refractivity contribution in [3.63, 3.8) is 0 Å². The van der Waals surface area contributed by atoms with Gasteiger partial charge in [-0.2, -0.15) is 0 Å². The third kappa shape index (κ3) is 4.57. The van der Waals surface area contributed by atoms with E-state index in [0.717, 1.165) is 25.1 Å². The highest BCUT2D eigenvalue weighted by Gasteiger charge is 2.27. The highest BCUT2D eigenvalue weighted by molar-refractivity contribution is 7.98. The SMILES string of the molecule is CC(=O)OCC1CCCN1c1cccc(SCc2ccccc2)c1C. The van der Waals surface area contributed by atoms with Gasteiger partial charge in [0.1, 0.15) is 6.61 Å². The summed E-state index contributed by atoms with van der Waals surface area (Å²) in [5.74, 6) is 0.776. The van der Waals surface area contributed by atoms with Gasteiger partial charge in [-0.3, -0.25) is 4.79 Å². The minimum atomic E-state index is -0.198. The Kier molecular flexibility index (Phi) is 6.03. The van der Waals surface area contributed by atoms with E-state index in [0.29, 0.717) is 6.61 Å². The molecule has 3 nitrogen and oxygen atoms in total. The molecule has 2 aromatic carbocycles. The maximum atomic E-state index is 11.1. The molecule has 0 spiro atoms. The number of nitrogens with zero attached hydrogens (tertiary/aromatic N) is 1. The van der Waals surface area contributed by atoms with Crippen LogP contribution in [0.2, 0.25) is 0 Å². The molecule has 3 rings (SSSR count). The minimum absolute atomic E-state index is 0.198. The molecule has 1 unspecified atom stereocenters. The van der Waals surface area contributed by atoms with Crippen molar-refractivity contribution in [1.82, 2.24) is 0 Å². The normalized spacial score (nSPS) is 16.9. The summed E-state index contributed by atoms with van der Waals surface area (Å²) in [4.78, 5) is 14.9. The van der Waals surface area contributed by atoms with Crippen molar-refractivity contribution in [3.8, 4) is 0 Å². The number of ether oxygens (including phenoxy) is 1. The highest BCUT2D eigenvalue weighted by atomic mass is 32.2. The molecule has 0 bridgehead atoms. The Morgan fingerprint density at radius 1 is 1.20 bits per heavy atom. The third-order valence-electron chi connectivity index (χ3n) is 4.66. The van der Waals surface area contributed by atoms with E-state index in [-0.39, 0.29) is 12.0 Å². The summed E-state index contributed by atoms with van der Waals surface area (Å²) in [7, 11) is 0. The second kappa shape index (κ2) is 8.43. The Labute approximate surface area is 154 Å². The Morgan fingerprint density at radius 3 is 2.76 bits per heavy atom. The van der Waals surface area contributed by atoms with Crippen molar-refractivity contribution >= 4 is 23.4 Å². The van der Waals surface area contributed by atoms with Crippen molar-refractivity contribution in [1.29, 1.82) is 0 Å². The van der Waals surface area contributed by atoms with Crippen LogP contribution in [0.5, 0.6) is 0 Å². The number of hydrogen-bond donors (Lipinski definition) is 0. The molecule has 0 radical (unpaired) electrons. The van der Waals surface area contributed by atoms with Gasteiger partial charge >= 0.3 is 5.97 Å². The van der Waals surface area contributed by atoms with E-state index in [1.165, 1.54) is 28.6 Å². The average molecular weight is 356 g/mol. The van der Waals surface area contributed by atoms with Gasteiger partial charge in [0, 0.05) is 29.8 Å². The van der Waals surface area contributed by atoms with Gasteiger partial charge in [-0.1, -0.05) is 36.4 Å². The summed E-state index contributed by atoms with van der Waals surface area (Å²) in [6.45, 7) is 5.19. The van der Waals surface area contributed by atoms with Gasteiger partial charge in [-0.25, -0.2) is 0 Å². The fourth-order valence-electron chi connectivity index (χ4n) is 3.35. The molecular formula is C21H25NO2S. The molecular weight excluding hydrogens is 330 g/mol. The molecule has 1 aliphatic heterocycles. The zero-order valence-electron chi connectivity index (χ0n) is 14.9. The molecule has 1 aliphatic rings. The van der Waals surface area contributed by atoms with E-state index in [2.05, 4.69) is 60.4 Å². The van der Waals surface area contributed by atoms with Gasteiger partial charge in [0.15, 0.2) is 0 Å². The maximum absolute atomic E-state index is 11.1. The summed E-state index contributed by atoms with van der Waals surface area (Å²) in [5.41, 5.74) is 3.93. The van der Waals surface area contributed by atoms with Crippen LogP contribution in [0.1, 0.15) is 30.9 Å². The van der Waals surface area contributed by atoms with Crippen LogP contribution in [0.15, 0.2) is 53.4 Å². The molecule has 1 fully saturated rings. The zero-order chi connectivity index (χ0) is 17.6. The van der Waals surface area contributed by atoms with Crippen LogP contribution < -0.4 is 4.90 Å². The molecule has 2 aromatic rings. The predicted octanol–water partition coefficient (Wildman–Crippen LogP) is 4.82. The molecule has 1 saturated heterocycles. The Balaban J connectivity index is 1.72. The number of carbonyl (C=O) groups is 1. The molecule has 0 amide bonds. The van der Waals surface area contributed by atoms with E-state index in [4.69, 9.17) is 4.74 Å². The number of benzene rings is 2. The monoisotopic (exact) mass is 355 g/mol. The smallest absolute Gasteiger partial charge is 0.302 e. The number of thioether (sulfide) groups is 1. The van der Waals surface area contributed by atoms with Gasteiger partial charge in [0.25, 0.3) is 0 Å². The van der Waals surface area contributed by atoms with Gasteiger partial charge in [0.2, 0.25) is 0 Å². The quantitative estimate of drug-likeness (QED) is 0.549. The van der Waals surface area contributed by atoms with Crippen molar-refractivity contribution < 1.29 is 9.53 Å². The maximum Gasteiger partial charge on any atom is 0.302 e. The Morgan fingerprint density at radius 2 is 2.00 bits per heavy atom. The van der Waals surface area contributed by atoms with Gasteiger partial charge in [-0.05, 0) is 43.0 Å². The van der Waals surface area contributed by atoms with Crippen LogP contribution >= 0.6 is 11.8 Å². The summed E-state index contributed by atoms with van der Waals surface area (Å²) in [6.07, 6.45) is 2.22. The lowest BCUT2D eigenvalue weighted by atomic mass is 10.1. The van der Waals surface area contributed by atoms with Crippen molar-refractivity contribution in [2.24, 2.45) is 0 Å². The average Bonchev–Trinajstić information content (AvgIpc) is 3.08. The summed E-state index contributed by atoms with van der Waals surface area (Å²) >= 11 is 1.88. The lowest BCUT2D eigenvalue weighted by Crippen LogP contribution is -2.34. The molecule has 4 heteroatoms. The van der Waals surface area contributed by atoms with Crippen LogP contribution in [0, 0.1) is 6.92 Å². The topological polar surface area (TPSA) is 29.5 Å². The largest absolute Gasteiger partial charge is 0.464 e. The zero-order valence-corrected chi connectivity index (χ0v) is 15.7. The van der Waals surface area contributed by atoms with Gasteiger partial charge in [0.05, 0.1) is 6.04 Å².